The van der Waals surface area contributed by atoms with Gasteiger partial charge >= 0.3 is 0 Å². The lowest BCUT2D eigenvalue weighted by atomic mass is 10.6. The Balaban J connectivity index is 2.60. The van der Waals surface area contributed by atoms with Gasteiger partial charge in [0.25, 0.3) is 0 Å². The summed E-state index contributed by atoms with van der Waals surface area (Å²) in [7, 11) is 5.53. The van der Waals surface area contributed by atoms with Gasteiger partial charge in [-0.15, -0.1) is 11.7 Å². The molecule has 0 saturated carbocycles. The van der Waals surface area contributed by atoms with Crippen LogP contribution in [0.4, 0.5) is 0 Å². The lowest BCUT2D eigenvalue weighted by Crippen LogP contribution is -1.77. The minimum atomic E-state index is 1.16. The van der Waals surface area contributed by atoms with Gasteiger partial charge < -0.3 is 0 Å². The van der Waals surface area contributed by atoms with Gasteiger partial charge in [0.1, 0.15) is 0 Å². The number of hydrogen-bond acceptors (Lipinski definition) is 4. The summed E-state index contributed by atoms with van der Waals surface area (Å²) < 4.78 is 0. The average Bonchev–Trinajstić information content (AvgIpc) is 1.89. The number of thiol groups is 1. The van der Waals surface area contributed by atoms with Gasteiger partial charge in [0.2, 0.25) is 0 Å². The molecule has 0 nitrogen and oxygen atoms in total. The van der Waals surface area contributed by atoms with Gasteiger partial charge in [-0.1, -0.05) is 39.3 Å². The molecule has 56 valence electrons. The van der Waals surface area contributed by atoms with Crippen LogP contribution in [0.1, 0.15) is 13.3 Å². The Hall–Kier alpha value is 1.40. The first-order chi connectivity index (χ1) is 4.41. The summed E-state index contributed by atoms with van der Waals surface area (Å²) in [5.74, 6) is 3.66. The van der Waals surface area contributed by atoms with Crippen LogP contribution in [-0.2, 0) is 0 Å². The van der Waals surface area contributed by atoms with E-state index >= 15 is 0 Å². The maximum absolute atomic E-state index is 4.04. The van der Waals surface area contributed by atoms with Crippen molar-refractivity contribution in [2.45, 2.75) is 13.3 Å². The van der Waals surface area contributed by atoms with Crippen LogP contribution in [0.15, 0.2) is 0 Å². The Morgan fingerprint density at radius 3 is 2.33 bits per heavy atom. The zero-order valence-electron chi connectivity index (χ0n) is 5.50. The van der Waals surface area contributed by atoms with Gasteiger partial charge in [-0.05, 0) is 6.42 Å². The highest BCUT2D eigenvalue weighted by Gasteiger charge is 1.86. The molecule has 0 amide bonds. The molecule has 0 radical (unpaired) electrons. The van der Waals surface area contributed by atoms with Gasteiger partial charge in [0.05, 0.1) is 0 Å². The van der Waals surface area contributed by atoms with E-state index in [4.69, 9.17) is 0 Å². The van der Waals surface area contributed by atoms with E-state index in [0.29, 0.717) is 0 Å². The highest BCUT2D eigenvalue weighted by Crippen LogP contribution is 2.23. The minimum absolute atomic E-state index is 1.16. The predicted molar refractivity (Wildman–Crippen MR) is 56.7 cm³/mol. The highest BCUT2D eigenvalue weighted by atomic mass is 33.1. The van der Waals surface area contributed by atoms with E-state index in [1.54, 1.807) is 10.8 Å². The quantitative estimate of drug-likeness (QED) is 0.397. The Morgan fingerprint density at radius 1 is 1.11 bits per heavy atom. The standard InChI is InChI=1S/C5H12S4/c1-2-3-8-9-5-4-7-6/h6H,2-5H2,1H3. The fraction of sp³-hybridized carbons (Fsp3) is 1.00. The Bertz CT molecular complexity index is 42.2. The molecule has 0 fully saturated rings. The Kier molecular flexibility index (Phi) is 10.9. The molecule has 0 saturated heterocycles. The highest BCUT2D eigenvalue weighted by molar-refractivity contribution is 8.77. The second-order valence-corrected chi connectivity index (χ2v) is 5.62. The van der Waals surface area contributed by atoms with Crippen LogP contribution in [-0.4, -0.2) is 17.3 Å². The summed E-state index contributed by atoms with van der Waals surface area (Å²) in [4.78, 5) is 0. The second kappa shape index (κ2) is 9.40. The fourth-order valence-corrected chi connectivity index (χ4v) is 3.74. The van der Waals surface area contributed by atoms with Crippen molar-refractivity contribution >= 4 is 44.0 Å². The molecule has 4 heteroatoms. The molecule has 0 aromatic heterocycles. The van der Waals surface area contributed by atoms with Crippen molar-refractivity contribution in [2.75, 3.05) is 17.3 Å². The number of rotatable bonds is 6. The van der Waals surface area contributed by atoms with Crippen molar-refractivity contribution in [3.8, 4) is 0 Å². The van der Waals surface area contributed by atoms with Crippen LogP contribution in [0.3, 0.4) is 0 Å². The van der Waals surface area contributed by atoms with Gasteiger partial charge in [0.15, 0.2) is 0 Å². The van der Waals surface area contributed by atoms with Crippen LogP contribution in [0, 0.1) is 0 Å². The molecule has 0 bridgehead atoms. The normalized spacial score (nSPS) is 10.0. The topological polar surface area (TPSA) is 0 Å². The van der Waals surface area contributed by atoms with Crippen LogP contribution < -0.4 is 0 Å². The number of hydrogen-bond donors (Lipinski definition) is 1. The largest absolute Gasteiger partial charge is 0.111 e. The third-order valence-corrected chi connectivity index (χ3v) is 4.43. The van der Waals surface area contributed by atoms with Gasteiger partial charge in [-0.3, -0.25) is 0 Å². The summed E-state index contributed by atoms with van der Waals surface area (Å²) in [5.41, 5.74) is 0. The third-order valence-electron chi connectivity index (χ3n) is 0.629. The minimum Gasteiger partial charge on any atom is -0.111 e. The van der Waals surface area contributed by atoms with E-state index in [0.717, 1.165) is 5.75 Å². The van der Waals surface area contributed by atoms with E-state index < -0.39 is 0 Å². The molecule has 0 N–H and O–H groups in total. The molecular formula is C5H12S4. The Labute approximate surface area is 74.5 Å². The average molecular weight is 200 g/mol. The molecule has 0 aliphatic carbocycles. The summed E-state index contributed by atoms with van der Waals surface area (Å²) in [6, 6.07) is 0. The van der Waals surface area contributed by atoms with E-state index in [-0.39, 0.29) is 0 Å². The van der Waals surface area contributed by atoms with Gasteiger partial charge in [-0.25, -0.2) is 0 Å². The van der Waals surface area contributed by atoms with Crippen LogP contribution in [0.5, 0.6) is 0 Å². The maximum Gasteiger partial charge on any atom is 0.0136 e. The molecule has 0 spiro atoms. The zero-order valence-corrected chi connectivity index (χ0v) is 8.84. The lowest BCUT2D eigenvalue weighted by molar-refractivity contribution is 1.11. The van der Waals surface area contributed by atoms with E-state index in [1.807, 2.05) is 21.6 Å². The summed E-state index contributed by atoms with van der Waals surface area (Å²) >= 11 is 4.04. The summed E-state index contributed by atoms with van der Waals surface area (Å²) in [6.45, 7) is 2.21. The van der Waals surface area contributed by atoms with Crippen molar-refractivity contribution in [3.63, 3.8) is 0 Å². The first-order valence-electron chi connectivity index (χ1n) is 2.92. The molecule has 0 unspecified atom stereocenters. The fourth-order valence-electron chi connectivity index (χ4n) is 0.272. The molecule has 9 heavy (non-hydrogen) atoms. The molecule has 0 aromatic carbocycles. The summed E-state index contributed by atoms with van der Waals surface area (Å²) in [5, 5.41) is 0. The molecule has 0 heterocycles. The molecular weight excluding hydrogens is 188 g/mol. The SMILES string of the molecule is CCCSSCCSS. The van der Waals surface area contributed by atoms with Crippen LogP contribution in [0.25, 0.3) is 0 Å². The first kappa shape index (κ1) is 10.4. The van der Waals surface area contributed by atoms with E-state index in [9.17, 15) is 0 Å². The Morgan fingerprint density at radius 2 is 1.78 bits per heavy atom. The third kappa shape index (κ3) is 9.40. The monoisotopic (exact) mass is 200 g/mol. The maximum atomic E-state index is 4.04. The van der Waals surface area contributed by atoms with Crippen molar-refractivity contribution in [1.82, 2.24) is 0 Å². The van der Waals surface area contributed by atoms with Gasteiger partial charge in [0, 0.05) is 17.3 Å². The zero-order chi connectivity index (χ0) is 6.95. The summed E-state index contributed by atoms with van der Waals surface area (Å²) in [6.07, 6.45) is 1.28. The second-order valence-electron chi connectivity index (χ2n) is 1.48. The smallest absolute Gasteiger partial charge is 0.0136 e. The van der Waals surface area contributed by atoms with Crippen LogP contribution >= 0.6 is 44.0 Å². The molecule has 0 atom stereocenters. The molecule has 0 aliphatic heterocycles. The predicted octanol–water partition coefficient (Wildman–Crippen LogP) is 3.36. The molecule has 0 aliphatic rings. The van der Waals surface area contributed by atoms with Crippen molar-refractivity contribution < 1.29 is 0 Å². The van der Waals surface area contributed by atoms with Crippen molar-refractivity contribution in [3.05, 3.63) is 0 Å². The lowest BCUT2D eigenvalue weighted by Gasteiger charge is -1.95. The first-order valence-corrected chi connectivity index (χ1v) is 7.45. The molecule has 0 rings (SSSR count). The molecule has 0 aromatic rings. The van der Waals surface area contributed by atoms with E-state index in [1.165, 1.54) is 17.9 Å². The van der Waals surface area contributed by atoms with Crippen molar-refractivity contribution in [1.29, 1.82) is 0 Å². The van der Waals surface area contributed by atoms with Crippen molar-refractivity contribution in [2.24, 2.45) is 0 Å². The van der Waals surface area contributed by atoms with Crippen LogP contribution in [0.2, 0.25) is 0 Å². The van der Waals surface area contributed by atoms with Gasteiger partial charge in [-0.2, -0.15) is 0 Å². The van der Waals surface area contributed by atoms with E-state index in [2.05, 4.69) is 18.6 Å².